The molecule has 0 unspecified atom stereocenters. The number of nitrogens with zero attached hydrogens (tertiary/aromatic N) is 3. The number of hydrogen-bond donors (Lipinski definition) is 1. The van der Waals surface area contributed by atoms with Crippen LogP contribution in [0, 0.1) is 0 Å². The third kappa shape index (κ3) is 1.61. The molecule has 3 rings (SSSR count). The topological polar surface area (TPSA) is 50.9 Å². The predicted molar refractivity (Wildman–Crippen MR) is 59.7 cm³/mol. The van der Waals surface area contributed by atoms with Crippen LogP contribution in [0.15, 0.2) is 30.5 Å². The van der Waals surface area contributed by atoms with Crippen molar-refractivity contribution in [3.8, 4) is 11.4 Å². The van der Waals surface area contributed by atoms with E-state index in [1.165, 1.54) is 12.8 Å². The molecular formula is C12H13N3O. The minimum absolute atomic E-state index is 0.0569. The Morgan fingerprint density at radius 1 is 1.31 bits per heavy atom. The molecule has 1 N–H and O–H groups in total. The van der Waals surface area contributed by atoms with Gasteiger partial charge < -0.3 is 5.11 Å². The Morgan fingerprint density at radius 2 is 2.19 bits per heavy atom. The van der Waals surface area contributed by atoms with Crippen molar-refractivity contribution in [1.82, 2.24) is 14.8 Å². The van der Waals surface area contributed by atoms with Gasteiger partial charge in [0.05, 0.1) is 5.69 Å². The van der Waals surface area contributed by atoms with E-state index in [0.717, 1.165) is 17.1 Å². The van der Waals surface area contributed by atoms with Gasteiger partial charge >= 0.3 is 0 Å². The van der Waals surface area contributed by atoms with E-state index in [9.17, 15) is 5.11 Å². The lowest BCUT2D eigenvalue weighted by molar-refractivity contribution is 0.191. The first-order valence-electron chi connectivity index (χ1n) is 5.48. The molecule has 0 aromatic carbocycles. The van der Waals surface area contributed by atoms with Crippen LogP contribution < -0.4 is 0 Å². The van der Waals surface area contributed by atoms with Crippen molar-refractivity contribution in [1.29, 1.82) is 0 Å². The first kappa shape index (κ1) is 9.54. The molecule has 2 aromatic heterocycles. The molecule has 1 aliphatic rings. The summed E-state index contributed by atoms with van der Waals surface area (Å²) in [5.41, 5.74) is 2.83. The summed E-state index contributed by atoms with van der Waals surface area (Å²) >= 11 is 0. The van der Waals surface area contributed by atoms with Gasteiger partial charge in [0.15, 0.2) is 0 Å². The molecule has 2 heterocycles. The maximum Gasteiger partial charge on any atom is 0.136 e. The summed E-state index contributed by atoms with van der Waals surface area (Å²) in [5, 5.41) is 13.6. The summed E-state index contributed by atoms with van der Waals surface area (Å²) in [6.45, 7) is -0.0569. The largest absolute Gasteiger partial charge is 0.374 e. The zero-order valence-corrected chi connectivity index (χ0v) is 8.87. The van der Waals surface area contributed by atoms with Crippen LogP contribution in [0.2, 0.25) is 0 Å². The Hall–Kier alpha value is -1.68. The maximum absolute atomic E-state index is 9.24. The quantitative estimate of drug-likeness (QED) is 0.849. The molecule has 4 heteroatoms. The van der Waals surface area contributed by atoms with Crippen LogP contribution in [0.25, 0.3) is 11.4 Å². The van der Waals surface area contributed by atoms with Crippen LogP contribution in [0.3, 0.4) is 0 Å². The van der Waals surface area contributed by atoms with Crippen molar-refractivity contribution in [3.05, 3.63) is 36.2 Å². The number of rotatable bonds is 3. The summed E-state index contributed by atoms with van der Waals surface area (Å²) in [4.78, 5) is 4.26. The second-order valence-electron chi connectivity index (χ2n) is 4.08. The van der Waals surface area contributed by atoms with Crippen LogP contribution in [0.5, 0.6) is 0 Å². The minimum Gasteiger partial charge on any atom is -0.374 e. The van der Waals surface area contributed by atoms with E-state index < -0.39 is 0 Å². The predicted octanol–water partition coefficient (Wildman–Crippen LogP) is 1.77. The van der Waals surface area contributed by atoms with E-state index in [1.807, 2.05) is 24.3 Å². The highest BCUT2D eigenvalue weighted by Gasteiger charge is 2.28. The van der Waals surface area contributed by atoms with E-state index in [2.05, 4.69) is 10.1 Å². The number of aliphatic hydroxyl groups is 1. The summed E-state index contributed by atoms with van der Waals surface area (Å²) < 4.78 is 1.67. The van der Waals surface area contributed by atoms with Crippen LogP contribution in [-0.2, 0) is 6.73 Å². The smallest absolute Gasteiger partial charge is 0.136 e. The van der Waals surface area contributed by atoms with Crippen molar-refractivity contribution < 1.29 is 5.11 Å². The Morgan fingerprint density at radius 3 is 2.81 bits per heavy atom. The molecule has 1 fully saturated rings. The average Bonchev–Trinajstić information content (AvgIpc) is 3.10. The maximum atomic E-state index is 9.24. The van der Waals surface area contributed by atoms with Gasteiger partial charge in [-0.25, -0.2) is 4.68 Å². The van der Waals surface area contributed by atoms with Gasteiger partial charge in [0.2, 0.25) is 0 Å². The molecule has 1 saturated carbocycles. The fourth-order valence-electron chi connectivity index (χ4n) is 1.89. The SMILES string of the molecule is OCn1nc(-c2ccccn2)cc1C1CC1. The molecule has 0 atom stereocenters. The molecule has 0 radical (unpaired) electrons. The van der Waals surface area contributed by atoms with E-state index in [1.54, 1.807) is 10.9 Å². The van der Waals surface area contributed by atoms with Crippen LogP contribution >= 0.6 is 0 Å². The van der Waals surface area contributed by atoms with E-state index in [4.69, 9.17) is 0 Å². The first-order chi connectivity index (χ1) is 7.88. The molecule has 0 spiro atoms. The zero-order valence-electron chi connectivity index (χ0n) is 8.87. The highest BCUT2D eigenvalue weighted by molar-refractivity contribution is 5.54. The highest BCUT2D eigenvalue weighted by atomic mass is 16.3. The summed E-state index contributed by atoms with van der Waals surface area (Å²) in [6.07, 6.45) is 4.16. The van der Waals surface area contributed by atoms with Crippen molar-refractivity contribution >= 4 is 0 Å². The summed E-state index contributed by atoms with van der Waals surface area (Å²) in [5.74, 6) is 0.581. The van der Waals surface area contributed by atoms with Gasteiger partial charge in [-0.1, -0.05) is 6.07 Å². The molecule has 1 aliphatic carbocycles. The van der Waals surface area contributed by atoms with E-state index >= 15 is 0 Å². The lowest BCUT2D eigenvalue weighted by Gasteiger charge is -1.99. The number of pyridine rings is 1. The Bertz CT molecular complexity index is 488. The fourth-order valence-corrected chi connectivity index (χ4v) is 1.89. The molecule has 0 amide bonds. The van der Waals surface area contributed by atoms with Crippen LogP contribution in [0.4, 0.5) is 0 Å². The van der Waals surface area contributed by atoms with Crippen molar-refractivity contribution in [2.45, 2.75) is 25.5 Å². The third-order valence-corrected chi connectivity index (χ3v) is 2.87. The molecule has 4 nitrogen and oxygen atoms in total. The standard InChI is InChI=1S/C12H13N3O/c16-8-15-12(9-4-5-9)7-11(14-15)10-3-1-2-6-13-10/h1-3,6-7,9,16H,4-5,8H2. The summed E-state index contributed by atoms with van der Waals surface area (Å²) in [7, 11) is 0. The Kier molecular flexibility index (Phi) is 2.22. The lowest BCUT2D eigenvalue weighted by Crippen LogP contribution is -2.03. The number of aromatic nitrogens is 3. The minimum atomic E-state index is -0.0569. The van der Waals surface area contributed by atoms with Gasteiger partial charge in [0, 0.05) is 17.8 Å². The van der Waals surface area contributed by atoms with Gasteiger partial charge in [0.25, 0.3) is 0 Å². The Labute approximate surface area is 93.6 Å². The monoisotopic (exact) mass is 215 g/mol. The van der Waals surface area contributed by atoms with Crippen molar-refractivity contribution in [2.75, 3.05) is 0 Å². The fraction of sp³-hybridized carbons (Fsp3) is 0.333. The number of aliphatic hydroxyl groups excluding tert-OH is 1. The molecule has 82 valence electrons. The van der Waals surface area contributed by atoms with Gasteiger partial charge in [0.1, 0.15) is 12.4 Å². The van der Waals surface area contributed by atoms with E-state index in [0.29, 0.717) is 5.92 Å². The van der Waals surface area contributed by atoms with Crippen molar-refractivity contribution in [2.24, 2.45) is 0 Å². The normalized spacial score (nSPS) is 15.3. The lowest BCUT2D eigenvalue weighted by atomic mass is 10.2. The van der Waals surface area contributed by atoms with Crippen molar-refractivity contribution in [3.63, 3.8) is 0 Å². The molecule has 0 bridgehead atoms. The van der Waals surface area contributed by atoms with Gasteiger partial charge in [-0.2, -0.15) is 5.10 Å². The van der Waals surface area contributed by atoms with Gasteiger partial charge in [-0.3, -0.25) is 4.98 Å². The van der Waals surface area contributed by atoms with Crippen LogP contribution in [-0.4, -0.2) is 19.9 Å². The molecule has 2 aromatic rings. The summed E-state index contributed by atoms with van der Waals surface area (Å²) in [6, 6.07) is 7.79. The zero-order chi connectivity index (χ0) is 11.0. The second-order valence-corrected chi connectivity index (χ2v) is 4.08. The molecular weight excluding hydrogens is 202 g/mol. The second kappa shape index (κ2) is 3.72. The van der Waals surface area contributed by atoms with Crippen LogP contribution in [0.1, 0.15) is 24.5 Å². The average molecular weight is 215 g/mol. The molecule has 16 heavy (non-hydrogen) atoms. The molecule has 0 saturated heterocycles. The molecule has 0 aliphatic heterocycles. The highest BCUT2D eigenvalue weighted by Crippen LogP contribution is 2.41. The van der Waals surface area contributed by atoms with Gasteiger partial charge in [-0.05, 0) is 31.0 Å². The first-order valence-corrected chi connectivity index (χ1v) is 5.48. The Balaban J connectivity index is 2.02. The van der Waals surface area contributed by atoms with Gasteiger partial charge in [-0.15, -0.1) is 0 Å². The number of hydrogen-bond acceptors (Lipinski definition) is 3. The third-order valence-electron chi connectivity index (χ3n) is 2.87. The van der Waals surface area contributed by atoms with E-state index in [-0.39, 0.29) is 6.73 Å².